The van der Waals surface area contributed by atoms with Crippen molar-refractivity contribution >= 4 is 5.90 Å². The van der Waals surface area contributed by atoms with E-state index in [2.05, 4.69) is 11.1 Å². The molecule has 0 saturated carbocycles. The van der Waals surface area contributed by atoms with Crippen LogP contribution in [0.25, 0.3) is 11.1 Å². The maximum Gasteiger partial charge on any atom is 0.223 e. The third-order valence-corrected chi connectivity index (χ3v) is 5.26. The summed E-state index contributed by atoms with van der Waals surface area (Å²) in [7, 11) is 0. The van der Waals surface area contributed by atoms with Crippen LogP contribution in [-0.4, -0.2) is 18.6 Å². The summed E-state index contributed by atoms with van der Waals surface area (Å²) in [5.74, 6) is -0.500. The minimum Gasteiger partial charge on any atom is -0.494 e. The van der Waals surface area contributed by atoms with Gasteiger partial charge >= 0.3 is 0 Å². The van der Waals surface area contributed by atoms with E-state index in [9.17, 15) is 8.78 Å². The Hall–Kier alpha value is -3.21. The van der Waals surface area contributed by atoms with Gasteiger partial charge in [0.05, 0.1) is 6.61 Å². The summed E-state index contributed by atoms with van der Waals surface area (Å²) >= 11 is 0. The Labute approximate surface area is 175 Å². The normalized spacial score (nSPS) is 18.1. The third kappa shape index (κ3) is 3.80. The van der Waals surface area contributed by atoms with Crippen LogP contribution in [0, 0.1) is 18.6 Å². The summed E-state index contributed by atoms with van der Waals surface area (Å²) in [6.07, 6.45) is -0.325. The van der Waals surface area contributed by atoms with Gasteiger partial charge in [-0.25, -0.2) is 13.8 Å². The van der Waals surface area contributed by atoms with Gasteiger partial charge in [0.1, 0.15) is 35.1 Å². The van der Waals surface area contributed by atoms with Crippen LogP contribution >= 0.6 is 0 Å². The number of hydrogen-bond donors (Lipinski definition) is 0. The molecule has 0 fully saturated rings. The standard InChI is InChI=1S/C25H23F2NO2/c1-4-29-19-11-8-17(9-12-19)18-10-13-20(15(2)14-18)24-16(3)30-25(28-24)23-21(26)6-5-7-22(23)27/h5-14,16,24H,4H2,1-3H3/t16-,24+/m1/s1. The van der Waals surface area contributed by atoms with Crippen LogP contribution < -0.4 is 4.74 Å². The van der Waals surface area contributed by atoms with Crippen molar-refractivity contribution in [2.24, 2.45) is 4.99 Å². The number of nitrogens with zero attached hydrogens (tertiary/aromatic N) is 1. The second-order valence-corrected chi connectivity index (χ2v) is 7.33. The molecule has 0 saturated heterocycles. The smallest absolute Gasteiger partial charge is 0.223 e. The zero-order valence-electron chi connectivity index (χ0n) is 17.2. The summed E-state index contributed by atoms with van der Waals surface area (Å²) in [5, 5.41) is 0. The van der Waals surface area contributed by atoms with Crippen molar-refractivity contribution in [1.29, 1.82) is 0 Å². The van der Waals surface area contributed by atoms with E-state index in [1.807, 2.05) is 57.2 Å². The van der Waals surface area contributed by atoms with E-state index < -0.39 is 11.6 Å². The van der Waals surface area contributed by atoms with E-state index in [0.717, 1.165) is 28.0 Å². The lowest BCUT2D eigenvalue weighted by Gasteiger charge is -2.16. The van der Waals surface area contributed by atoms with Crippen molar-refractivity contribution in [3.63, 3.8) is 0 Å². The Morgan fingerprint density at radius 1 is 0.967 bits per heavy atom. The van der Waals surface area contributed by atoms with Crippen LogP contribution in [0.4, 0.5) is 8.78 Å². The molecule has 0 N–H and O–H groups in total. The van der Waals surface area contributed by atoms with Crippen LogP contribution in [-0.2, 0) is 4.74 Å². The van der Waals surface area contributed by atoms with E-state index in [1.165, 1.54) is 18.2 Å². The molecule has 0 unspecified atom stereocenters. The lowest BCUT2D eigenvalue weighted by molar-refractivity contribution is 0.212. The Kier molecular flexibility index (Phi) is 5.53. The second-order valence-electron chi connectivity index (χ2n) is 7.33. The molecule has 154 valence electrons. The monoisotopic (exact) mass is 407 g/mol. The van der Waals surface area contributed by atoms with Crippen molar-refractivity contribution in [3.8, 4) is 16.9 Å². The van der Waals surface area contributed by atoms with Gasteiger partial charge in [0.2, 0.25) is 5.90 Å². The Morgan fingerprint density at radius 3 is 2.27 bits per heavy atom. The van der Waals surface area contributed by atoms with Gasteiger partial charge in [0.15, 0.2) is 0 Å². The first kappa shape index (κ1) is 20.1. The number of rotatable bonds is 5. The number of benzene rings is 3. The Bertz CT molecular complexity index is 1070. The summed E-state index contributed by atoms with van der Waals surface area (Å²) in [4.78, 5) is 4.52. The average Bonchev–Trinajstić information content (AvgIpc) is 3.09. The fraction of sp³-hybridized carbons (Fsp3) is 0.240. The molecule has 4 rings (SSSR count). The number of halogens is 2. The molecule has 0 aromatic heterocycles. The molecule has 0 amide bonds. The van der Waals surface area contributed by atoms with Crippen LogP contribution in [0.5, 0.6) is 5.75 Å². The second kappa shape index (κ2) is 8.27. The lowest BCUT2D eigenvalue weighted by Crippen LogP contribution is -2.14. The minimum absolute atomic E-state index is 0.0121. The molecule has 2 atom stereocenters. The van der Waals surface area contributed by atoms with Gasteiger partial charge in [-0.2, -0.15) is 0 Å². The van der Waals surface area contributed by atoms with E-state index in [-0.39, 0.29) is 23.6 Å². The molecule has 3 aromatic rings. The van der Waals surface area contributed by atoms with Gasteiger partial charge in [-0.1, -0.05) is 36.4 Å². The fourth-order valence-electron chi connectivity index (χ4n) is 3.75. The van der Waals surface area contributed by atoms with Gasteiger partial charge in [-0.05, 0) is 67.3 Å². The van der Waals surface area contributed by atoms with Crippen LogP contribution in [0.15, 0.2) is 65.7 Å². The van der Waals surface area contributed by atoms with Gasteiger partial charge in [0.25, 0.3) is 0 Å². The van der Waals surface area contributed by atoms with Crippen LogP contribution in [0.1, 0.15) is 36.6 Å². The van der Waals surface area contributed by atoms with Crippen LogP contribution in [0.2, 0.25) is 0 Å². The molecule has 3 aromatic carbocycles. The molecule has 0 radical (unpaired) electrons. The number of aliphatic imine (C=N–C) groups is 1. The molecule has 0 bridgehead atoms. The van der Waals surface area contributed by atoms with Crippen molar-refractivity contribution in [3.05, 3.63) is 89.0 Å². The van der Waals surface area contributed by atoms with Gasteiger partial charge in [-0.15, -0.1) is 0 Å². The SMILES string of the molecule is CCOc1ccc(-c2ccc([C@H]3N=C(c4c(F)cccc4F)O[C@@H]3C)c(C)c2)cc1. The highest BCUT2D eigenvalue weighted by Crippen LogP contribution is 2.35. The van der Waals surface area contributed by atoms with E-state index in [4.69, 9.17) is 9.47 Å². The number of aryl methyl sites for hydroxylation is 1. The maximum absolute atomic E-state index is 14.1. The third-order valence-electron chi connectivity index (χ3n) is 5.26. The lowest BCUT2D eigenvalue weighted by atomic mass is 9.94. The number of hydrogen-bond acceptors (Lipinski definition) is 3. The molecular weight excluding hydrogens is 384 g/mol. The van der Waals surface area contributed by atoms with Gasteiger partial charge in [0, 0.05) is 0 Å². The molecular formula is C25H23F2NO2. The highest BCUT2D eigenvalue weighted by Gasteiger charge is 2.32. The summed E-state index contributed by atoms with van der Waals surface area (Å²) in [6, 6.07) is 17.5. The molecule has 1 aliphatic rings. The quantitative estimate of drug-likeness (QED) is 0.501. The Balaban J connectivity index is 1.63. The first-order valence-corrected chi connectivity index (χ1v) is 10.0. The topological polar surface area (TPSA) is 30.8 Å². The average molecular weight is 407 g/mol. The maximum atomic E-state index is 14.1. The summed E-state index contributed by atoms with van der Waals surface area (Å²) < 4.78 is 39.5. The molecule has 0 aliphatic carbocycles. The number of ether oxygens (including phenoxy) is 2. The minimum atomic E-state index is -0.677. The molecule has 0 spiro atoms. The first-order chi connectivity index (χ1) is 14.5. The molecule has 1 aliphatic heterocycles. The molecule has 1 heterocycles. The predicted octanol–water partition coefficient (Wildman–Crippen LogP) is 6.25. The summed E-state index contributed by atoms with van der Waals surface area (Å²) in [6.45, 7) is 6.46. The van der Waals surface area contributed by atoms with Gasteiger partial charge < -0.3 is 9.47 Å². The van der Waals surface area contributed by atoms with Crippen molar-refractivity contribution in [1.82, 2.24) is 0 Å². The van der Waals surface area contributed by atoms with Crippen LogP contribution in [0.3, 0.4) is 0 Å². The highest BCUT2D eigenvalue weighted by molar-refractivity contribution is 5.96. The fourth-order valence-corrected chi connectivity index (χ4v) is 3.75. The zero-order chi connectivity index (χ0) is 21.3. The van der Waals surface area contributed by atoms with E-state index in [0.29, 0.717) is 6.61 Å². The molecule has 30 heavy (non-hydrogen) atoms. The highest BCUT2D eigenvalue weighted by atomic mass is 19.1. The Morgan fingerprint density at radius 2 is 1.63 bits per heavy atom. The van der Waals surface area contributed by atoms with Crippen molar-refractivity contribution in [2.75, 3.05) is 6.61 Å². The van der Waals surface area contributed by atoms with Crippen molar-refractivity contribution in [2.45, 2.75) is 32.9 Å². The van der Waals surface area contributed by atoms with E-state index in [1.54, 1.807) is 0 Å². The van der Waals surface area contributed by atoms with E-state index >= 15 is 0 Å². The summed E-state index contributed by atoms with van der Waals surface area (Å²) in [5.41, 5.74) is 3.97. The van der Waals surface area contributed by atoms with Gasteiger partial charge in [-0.3, -0.25) is 0 Å². The zero-order valence-corrected chi connectivity index (χ0v) is 17.2. The van der Waals surface area contributed by atoms with Crippen molar-refractivity contribution < 1.29 is 18.3 Å². The molecule has 5 heteroatoms. The first-order valence-electron chi connectivity index (χ1n) is 10.0. The predicted molar refractivity (Wildman–Crippen MR) is 114 cm³/mol. The largest absolute Gasteiger partial charge is 0.494 e. The molecule has 3 nitrogen and oxygen atoms in total.